The van der Waals surface area contributed by atoms with Crippen LogP contribution in [0.15, 0.2) is 18.2 Å². The highest BCUT2D eigenvalue weighted by molar-refractivity contribution is 5.78. The fraction of sp³-hybridized carbons (Fsp3) is 0.533. The Bertz CT molecular complexity index is 409. The maximum Gasteiger partial charge on any atom is 0.224 e. The molecule has 2 nitrogen and oxygen atoms in total. The first kappa shape index (κ1) is 12.2. The Morgan fingerprint density at radius 2 is 1.94 bits per heavy atom. The van der Waals surface area contributed by atoms with Crippen molar-refractivity contribution in [2.24, 2.45) is 0 Å². The Morgan fingerprint density at radius 1 is 1.24 bits per heavy atom. The van der Waals surface area contributed by atoms with Crippen LogP contribution in [-0.2, 0) is 24.1 Å². The molecule has 0 atom stereocenters. The van der Waals surface area contributed by atoms with Crippen LogP contribution in [0.25, 0.3) is 0 Å². The molecule has 0 unspecified atom stereocenters. The summed E-state index contributed by atoms with van der Waals surface area (Å²) in [6, 6.07) is 6.74. The van der Waals surface area contributed by atoms with Gasteiger partial charge in [-0.2, -0.15) is 0 Å². The highest BCUT2D eigenvalue weighted by Crippen LogP contribution is 2.22. The standard InChI is InChI=1S/C15H21NO/c1-11(2)16-15(17)10-12-7-8-13-5-3-4-6-14(13)9-12/h7-9,11H,3-6,10H2,1-2H3,(H,16,17). The lowest BCUT2D eigenvalue weighted by Gasteiger charge is -2.16. The lowest BCUT2D eigenvalue weighted by molar-refractivity contribution is -0.120. The predicted octanol–water partition coefficient (Wildman–Crippen LogP) is 2.63. The average Bonchev–Trinajstić information content (AvgIpc) is 2.27. The highest BCUT2D eigenvalue weighted by atomic mass is 16.1. The number of carbonyl (C=O) groups excluding carboxylic acids is 1. The predicted molar refractivity (Wildman–Crippen MR) is 70.1 cm³/mol. The van der Waals surface area contributed by atoms with Crippen molar-refractivity contribution in [2.75, 3.05) is 0 Å². The number of aryl methyl sites for hydroxylation is 2. The zero-order chi connectivity index (χ0) is 12.3. The number of nitrogens with one attached hydrogen (secondary N) is 1. The Kier molecular flexibility index (Phi) is 3.82. The largest absolute Gasteiger partial charge is 0.354 e. The van der Waals surface area contributed by atoms with E-state index >= 15 is 0 Å². The van der Waals surface area contributed by atoms with Crippen molar-refractivity contribution in [3.8, 4) is 0 Å². The monoisotopic (exact) mass is 231 g/mol. The van der Waals surface area contributed by atoms with E-state index in [2.05, 4.69) is 23.5 Å². The van der Waals surface area contributed by atoms with Crippen LogP contribution in [0.3, 0.4) is 0 Å². The highest BCUT2D eigenvalue weighted by Gasteiger charge is 2.11. The Morgan fingerprint density at radius 3 is 2.65 bits per heavy atom. The summed E-state index contributed by atoms with van der Waals surface area (Å²) in [5.74, 6) is 0.121. The second kappa shape index (κ2) is 5.35. The first-order chi connectivity index (χ1) is 8.15. The Hall–Kier alpha value is -1.31. The molecule has 2 rings (SSSR count). The molecule has 0 spiro atoms. The molecule has 17 heavy (non-hydrogen) atoms. The van der Waals surface area contributed by atoms with Gasteiger partial charge in [0.2, 0.25) is 5.91 Å². The zero-order valence-corrected chi connectivity index (χ0v) is 10.8. The van der Waals surface area contributed by atoms with Gasteiger partial charge in [-0.25, -0.2) is 0 Å². The number of hydrogen-bond donors (Lipinski definition) is 1. The van der Waals surface area contributed by atoms with E-state index in [0.717, 1.165) is 5.56 Å². The quantitative estimate of drug-likeness (QED) is 0.851. The molecule has 0 bridgehead atoms. The van der Waals surface area contributed by atoms with Gasteiger partial charge in [0.15, 0.2) is 0 Å². The minimum Gasteiger partial charge on any atom is -0.354 e. The third-order valence-corrected chi connectivity index (χ3v) is 3.23. The van der Waals surface area contributed by atoms with Crippen molar-refractivity contribution in [3.05, 3.63) is 34.9 Å². The summed E-state index contributed by atoms with van der Waals surface area (Å²) in [6.07, 6.45) is 5.48. The maximum atomic E-state index is 11.7. The van der Waals surface area contributed by atoms with Crippen molar-refractivity contribution < 1.29 is 4.79 Å². The van der Waals surface area contributed by atoms with Crippen LogP contribution in [0.4, 0.5) is 0 Å². The summed E-state index contributed by atoms with van der Waals surface area (Å²) in [5, 5.41) is 2.93. The maximum absolute atomic E-state index is 11.7. The average molecular weight is 231 g/mol. The van der Waals surface area contributed by atoms with E-state index in [9.17, 15) is 4.79 Å². The summed E-state index contributed by atoms with van der Waals surface area (Å²) in [4.78, 5) is 11.7. The normalized spacial score (nSPS) is 14.5. The third-order valence-electron chi connectivity index (χ3n) is 3.23. The summed E-state index contributed by atoms with van der Waals surface area (Å²) in [5.41, 5.74) is 4.07. The number of rotatable bonds is 3. The molecule has 1 aliphatic rings. The van der Waals surface area contributed by atoms with Crippen molar-refractivity contribution in [2.45, 2.75) is 52.0 Å². The molecule has 0 saturated carbocycles. The van der Waals surface area contributed by atoms with Gasteiger partial charge < -0.3 is 5.32 Å². The number of fused-ring (bicyclic) bond motifs is 1. The first-order valence-electron chi connectivity index (χ1n) is 6.55. The van der Waals surface area contributed by atoms with Crippen LogP contribution in [0.5, 0.6) is 0 Å². The smallest absolute Gasteiger partial charge is 0.224 e. The Labute approximate surface area is 103 Å². The van der Waals surface area contributed by atoms with Crippen LogP contribution in [0, 0.1) is 0 Å². The fourth-order valence-electron chi connectivity index (χ4n) is 2.46. The van der Waals surface area contributed by atoms with E-state index in [-0.39, 0.29) is 11.9 Å². The second-order valence-corrected chi connectivity index (χ2v) is 5.21. The SMILES string of the molecule is CC(C)NC(=O)Cc1ccc2c(c1)CCCC2. The van der Waals surface area contributed by atoms with E-state index in [1.807, 2.05) is 13.8 Å². The van der Waals surface area contributed by atoms with Gasteiger partial charge in [0.1, 0.15) is 0 Å². The van der Waals surface area contributed by atoms with Crippen molar-refractivity contribution in [3.63, 3.8) is 0 Å². The van der Waals surface area contributed by atoms with Crippen molar-refractivity contribution in [1.82, 2.24) is 5.32 Å². The summed E-state index contributed by atoms with van der Waals surface area (Å²) < 4.78 is 0. The van der Waals surface area contributed by atoms with E-state index in [4.69, 9.17) is 0 Å². The summed E-state index contributed by atoms with van der Waals surface area (Å²) >= 11 is 0. The minimum absolute atomic E-state index is 0.121. The second-order valence-electron chi connectivity index (χ2n) is 5.21. The molecular formula is C15H21NO. The number of amides is 1. The molecule has 1 aromatic carbocycles. The summed E-state index contributed by atoms with van der Waals surface area (Å²) in [6.45, 7) is 3.98. The molecule has 0 heterocycles. The van der Waals surface area contributed by atoms with Crippen LogP contribution >= 0.6 is 0 Å². The molecule has 0 fully saturated rings. The zero-order valence-electron chi connectivity index (χ0n) is 10.8. The topological polar surface area (TPSA) is 29.1 Å². The molecule has 1 N–H and O–H groups in total. The van der Waals surface area contributed by atoms with Crippen molar-refractivity contribution in [1.29, 1.82) is 0 Å². The van der Waals surface area contributed by atoms with Gasteiger partial charge in [-0.05, 0) is 56.2 Å². The third kappa shape index (κ3) is 3.32. The van der Waals surface area contributed by atoms with Crippen LogP contribution in [0.1, 0.15) is 43.4 Å². The molecule has 1 aliphatic carbocycles. The van der Waals surface area contributed by atoms with Crippen LogP contribution < -0.4 is 5.32 Å². The van der Waals surface area contributed by atoms with Gasteiger partial charge >= 0.3 is 0 Å². The molecule has 1 amide bonds. The number of carbonyl (C=O) groups is 1. The van der Waals surface area contributed by atoms with Crippen LogP contribution in [0.2, 0.25) is 0 Å². The molecule has 0 radical (unpaired) electrons. The van der Waals surface area contributed by atoms with Crippen LogP contribution in [-0.4, -0.2) is 11.9 Å². The van der Waals surface area contributed by atoms with Gasteiger partial charge in [0.05, 0.1) is 6.42 Å². The molecule has 1 aromatic rings. The lowest BCUT2D eigenvalue weighted by atomic mass is 9.90. The molecule has 0 aliphatic heterocycles. The fourth-order valence-corrected chi connectivity index (χ4v) is 2.46. The van der Waals surface area contributed by atoms with Gasteiger partial charge in [0, 0.05) is 6.04 Å². The van der Waals surface area contributed by atoms with E-state index in [1.54, 1.807) is 0 Å². The number of benzene rings is 1. The van der Waals surface area contributed by atoms with Gasteiger partial charge in [-0.3, -0.25) is 4.79 Å². The van der Waals surface area contributed by atoms with Crippen molar-refractivity contribution >= 4 is 5.91 Å². The summed E-state index contributed by atoms with van der Waals surface area (Å²) in [7, 11) is 0. The van der Waals surface area contributed by atoms with Gasteiger partial charge in [0.25, 0.3) is 0 Å². The van der Waals surface area contributed by atoms with E-state index < -0.39 is 0 Å². The number of hydrogen-bond acceptors (Lipinski definition) is 1. The first-order valence-corrected chi connectivity index (χ1v) is 6.55. The molecule has 92 valence electrons. The molecule has 2 heteroatoms. The molecule has 0 aromatic heterocycles. The van der Waals surface area contributed by atoms with Gasteiger partial charge in [-0.1, -0.05) is 18.2 Å². The molecular weight excluding hydrogens is 210 g/mol. The van der Waals surface area contributed by atoms with Gasteiger partial charge in [-0.15, -0.1) is 0 Å². The molecule has 0 saturated heterocycles. The lowest BCUT2D eigenvalue weighted by Crippen LogP contribution is -2.31. The Balaban J connectivity index is 2.04. The van der Waals surface area contributed by atoms with E-state index in [1.165, 1.54) is 36.8 Å². The minimum atomic E-state index is 0.121. The van der Waals surface area contributed by atoms with E-state index in [0.29, 0.717) is 6.42 Å².